The fraction of sp³-hybridized carbons (Fsp3) is 0.333. The van der Waals surface area contributed by atoms with Gasteiger partial charge in [0.05, 0.1) is 11.4 Å². The molecule has 0 amide bonds. The van der Waals surface area contributed by atoms with Crippen molar-refractivity contribution in [1.29, 1.82) is 0 Å². The molecule has 0 spiro atoms. The molecule has 2 N–H and O–H groups in total. The molecule has 1 heterocycles. The van der Waals surface area contributed by atoms with Crippen LogP contribution in [0.5, 0.6) is 0 Å². The summed E-state index contributed by atoms with van der Waals surface area (Å²) in [5.41, 5.74) is 8.87. The number of nitrogens with two attached hydrogens (primary N) is 1. The van der Waals surface area contributed by atoms with Crippen molar-refractivity contribution in [3.8, 4) is 5.69 Å². The highest BCUT2D eigenvalue weighted by Crippen LogP contribution is 2.31. The van der Waals surface area contributed by atoms with Crippen molar-refractivity contribution < 1.29 is 0 Å². The second kappa shape index (κ2) is 7.13. The molecule has 7 heteroatoms. The minimum absolute atomic E-state index is 0.450. The van der Waals surface area contributed by atoms with E-state index in [-0.39, 0.29) is 0 Å². The molecule has 1 aromatic carbocycles. The van der Waals surface area contributed by atoms with Crippen LogP contribution in [0.25, 0.3) is 5.69 Å². The maximum Gasteiger partial charge on any atom is 0.153 e. The van der Waals surface area contributed by atoms with Crippen molar-refractivity contribution >= 4 is 40.7 Å². The fourth-order valence-corrected chi connectivity index (χ4v) is 2.86. The van der Waals surface area contributed by atoms with Crippen LogP contribution in [0.2, 0.25) is 0 Å². The van der Waals surface area contributed by atoms with Crippen molar-refractivity contribution in [2.24, 2.45) is 0 Å². The van der Waals surface area contributed by atoms with Crippen LogP contribution in [0.3, 0.4) is 0 Å². The van der Waals surface area contributed by atoms with Crippen molar-refractivity contribution in [3.05, 3.63) is 36.0 Å². The number of para-hydroxylation sites is 1. The van der Waals surface area contributed by atoms with Gasteiger partial charge >= 0.3 is 0 Å². The van der Waals surface area contributed by atoms with E-state index in [0.717, 1.165) is 30.2 Å². The standard InChI is InChI=1S/C15H21N5S2/c1-4-18(5-2)20(15(21)22)13-11(3)17-19(14(13)16)12-9-7-6-8-10-12/h6-10H,4-5,16H2,1-3H3,(H,21,22). The molecule has 2 rings (SSSR count). The first kappa shape index (κ1) is 16.8. The Hall–Kier alpha value is -1.57. The number of rotatable bonds is 5. The minimum atomic E-state index is 0.450. The molecule has 0 bridgehead atoms. The Morgan fingerprint density at radius 1 is 1.27 bits per heavy atom. The average Bonchev–Trinajstić information content (AvgIpc) is 2.80. The average molecular weight is 336 g/mol. The Morgan fingerprint density at radius 3 is 2.36 bits per heavy atom. The second-order valence-corrected chi connectivity index (χ2v) is 5.91. The molecule has 22 heavy (non-hydrogen) atoms. The molecule has 0 fully saturated rings. The lowest BCUT2D eigenvalue weighted by Crippen LogP contribution is -2.44. The summed E-state index contributed by atoms with van der Waals surface area (Å²) in [5, 5.41) is 8.50. The number of thiol groups is 1. The zero-order chi connectivity index (χ0) is 16.3. The van der Waals surface area contributed by atoms with Crippen molar-refractivity contribution in [3.63, 3.8) is 0 Å². The highest BCUT2D eigenvalue weighted by atomic mass is 32.1. The van der Waals surface area contributed by atoms with Crippen LogP contribution in [-0.2, 0) is 0 Å². The van der Waals surface area contributed by atoms with Crippen LogP contribution in [0.15, 0.2) is 30.3 Å². The van der Waals surface area contributed by atoms with Gasteiger partial charge in [0.1, 0.15) is 5.69 Å². The first-order valence-corrected chi connectivity index (χ1v) is 8.05. The molecule has 1 aromatic heterocycles. The van der Waals surface area contributed by atoms with Gasteiger partial charge in [-0.1, -0.05) is 44.3 Å². The van der Waals surface area contributed by atoms with Gasteiger partial charge in [0.25, 0.3) is 0 Å². The van der Waals surface area contributed by atoms with E-state index in [1.54, 1.807) is 4.68 Å². The lowest BCUT2D eigenvalue weighted by Gasteiger charge is -2.33. The number of nitrogen functional groups attached to an aromatic ring is 1. The largest absolute Gasteiger partial charge is 0.382 e. The smallest absolute Gasteiger partial charge is 0.153 e. The number of hydrazine groups is 1. The molecule has 0 unspecified atom stereocenters. The summed E-state index contributed by atoms with van der Waals surface area (Å²) < 4.78 is 2.18. The SMILES string of the molecule is CCN(CC)N(C(=S)S)c1c(C)nn(-c2ccccc2)c1N. The van der Waals surface area contributed by atoms with Crippen molar-refractivity contribution in [2.75, 3.05) is 23.8 Å². The molecule has 0 aliphatic rings. The van der Waals surface area contributed by atoms with Gasteiger partial charge in [-0.3, -0.25) is 5.01 Å². The number of thiocarbonyl (C=S) groups is 1. The lowest BCUT2D eigenvalue weighted by atomic mass is 10.3. The van der Waals surface area contributed by atoms with E-state index < -0.39 is 0 Å². The number of hydrogen-bond acceptors (Lipinski definition) is 4. The van der Waals surface area contributed by atoms with Gasteiger partial charge in [-0.05, 0) is 19.1 Å². The van der Waals surface area contributed by atoms with Crippen LogP contribution in [0, 0.1) is 6.92 Å². The highest BCUT2D eigenvalue weighted by molar-refractivity contribution is 8.11. The number of aryl methyl sites for hydroxylation is 1. The van der Waals surface area contributed by atoms with Gasteiger partial charge in [0, 0.05) is 13.1 Å². The van der Waals surface area contributed by atoms with Gasteiger partial charge in [-0.2, -0.15) is 5.10 Å². The van der Waals surface area contributed by atoms with Gasteiger partial charge in [-0.25, -0.2) is 9.69 Å². The number of aromatic nitrogens is 2. The number of benzene rings is 1. The Morgan fingerprint density at radius 2 is 1.86 bits per heavy atom. The van der Waals surface area contributed by atoms with Crippen LogP contribution >= 0.6 is 24.8 Å². The maximum absolute atomic E-state index is 6.36. The van der Waals surface area contributed by atoms with E-state index in [9.17, 15) is 0 Å². The summed E-state index contributed by atoms with van der Waals surface area (Å²) in [6, 6.07) is 9.80. The molecule has 5 nitrogen and oxygen atoms in total. The fourth-order valence-electron chi connectivity index (χ4n) is 2.43. The molecule has 0 saturated heterocycles. The molecule has 2 aromatic rings. The van der Waals surface area contributed by atoms with E-state index in [4.69, 9.17) is 18.0 Å². The monoisotopic (exact) mass is 335 g/mol. The summed E-state index contributed by atoms with van der Waals surface area (Å²) in [7, 11) is 0. The molecule has 0 radical (unpaired) electrons. The molecule has 0 aliphatic heterocycles. The Balaban J connectivity index is 2.56. The third-order valence-electron chi connectivity index (χ3n) is 3.47. The van der Waals surface area contributed by atoms with Gasteiger partial charge in [0.2, 0.25) is 0 Å². The third-order valence-corrected chi connectivity index (χ3v) is 3.83. The number of nitrogens with zero attached hydrogens (tertiary/aromatic N) is 4. The molecular formula is C15H21N5S2. The Labute approximate surface area is 142 Å². The molecule has 0 atom stereocenters. The Bertz CT molecular complexity index is 649. The first-order chi connectivity index (χ1) is 10.5. The summed E-state index contributed by atoms with van der Waals surface area (Å²) in [6.07, 6.45) is 0. The topological polar surface area (TPSA) is 50.3 Å². The second-order valence-electron chi connectivity index (χ2n) is 4.80. The zero-order valence-corrected chi connectivity index (χ0v) is 14.7. The summed E-state index contributed by atoms with van der Waals surface area (Å²) in [4.78, 5) is 0. The van der Waals surface area contributed by atoms with E-state index in [0.29, 0.717) is 10.1 Å². The Kier molecular flexibility index (Phi) is 5.44. The summed E-state index contributed by atoms with van der Waals surface area (Å²) >= 11 is 9.67. The number of anilines is 2. The quantitative estimate of drug-likeness (QED) is 0.500. The number of hydrogen-bond donors (Lipinski definition) is 2. The normalized spacial score (nSPS) is 11.0. The van der Waals surface area contributed by atoms with Crippen LogP contribution in [-0.4, -0.2) is 32.2 Å². The predicted molar refractivity (Wildman–Crippen MR) is 99.7 cm³/mol. The maximum atomic E-state index is 6.36. The van der Waals surface area contributed by atoms with Crippen molar-refractivity contribution in [1.82, 2.24) is 14.8 Å². The molecule has 118 valence electrons. The minimum Gasteiger partial charge on any atom is -0.382 e. The van der Waals surface area contributed by atoms with Crippen LogP contribution in [0.1, 0.15) is 19.5 Å². The van der Waals surface area contributed by atoms with Crippen LogP contribution < -0.4 is 10.7 Å². The van der Waals surface area contributed by atoms with Gasteiger partial charge in [-0.15, -0.1) is 12.6 Å². The van der Waals surface area contributed by atoms with E-state index in [1.807, 2.05) is 42.3 Å². The molecular weight excluding hydrogens is 314 g/mol. The molecule has 0 aliphatic carbocycles. The van der Waals surface area contributed by atoms with Crippen LogP contribution in [0.4, 0.5) is 11.5 Å². The van der Waals surface area contributed by atoms with Gasteiger partial charge in [0.15, 0.2) is 10.1 Å². The summed E-state index contributed by atoms with van der Waals surface area (Å²) in [6.45, 7) is 7.65. The first-order valence-electron chi connectivity index (χ1n) is 7.19. The summed E-state index contributed by atoms with van der Waals surface area (Å²) in [5.74, 6) is 0.548. The molecule has 0 saturated carbocycles. The third kappa shape index (κ3) is 3.11. The lowest BCUT2D eigenvalue weighted by molar-refractivity contribution is 0.320. The van der Waals surface area contributed by atoms with E-state index in [2.05, 4.69) is 36.6 Å². The highest BCUT2D eigenvalue weighted by Gasteiger charge is 2.25. The van der Waals surface area contributed by atoms with Crippen molar-refractivity contribution in [2.45, 2.75) is 20.8 Å². The van der Waals surface area contributed by atoms with Gasteiger partial charge < -0.3 is 5.73 Å². The van der Waals surface area contributed by atoms with E-state index in [1.165, 1.54) is 0 Å². The predicted octanol–water partition coefficient (Wildman–Crippen LogP) is 3.04. The van der Waals surface area contributed by atoms with E-state index >= 15 is 0 Å². The zero-order valence-electron chi connectivity index (χ0n) is 13.0.